The molecule has 2 aromatic carbocycles. The van der Waals surface area contributed by atoms with Gasteiger partial charge in [-0.1, -0.05) is 29.8 Å². The molecule has 20 heavy (non-hydrogen) atoms. The molecule has 0 aliphatic rings. The summed E-state index contributed by atoms with van der Waals surface area (Å²) in [6.07, 6.45) is 1.18. The maximum absolute atomic E-state index is 13.3. The number of phenolic OH excluding ortho intramolecular Hbond substituents is 1. The molecular weight excluding hydrogens is 283 g/mol. The van der Waals surface area contributed by atoms with Gasteiger partial charge in [0.2, 0.25) is 0 Å². The Morgan fingerprint density at radius 2 is 2.05 bits per heavy atom. The average Bonchev–Trinajstić information content (AvgIpc) is 2.43. The molecule has 0 fully saturated rings. The van der Waals surface area contributed by atoms with E-state index in [1.807, 2.05) is 0 Å². The van der Waals surface area contributed by atoms with Crippen molar-refractivity contribution in [1.29, 1.82) is 0 Å². The van der Waals surface area contributed by atoms with Crippen LogP contribution in [0.15, 0.2) is 47.6 Å². The maximum Gasteiger partial charge on any atom is 0.275 e. The molecule has 0 aromatic heterocycles. The molecule has 2 aromatic rings. The monoisotopic (exact) mass is 292 g/mol. The summed E-state index contributed by atoms with van der Waals surface area (Å²) in [5.41, 5.74) is 2.42. The highest BCUT2D eigenvalue weighted by atomic mass is 35.5. The van der Waals surface area contributed by atoms with Crippen LogP contribution in [0.4, 0.5) is 4.39 Å². The van der Waals surface area contributed by atoms with Gasteiger partial charge in [0.05, 0.1) is 11.8 Å². The second-order valence-electron chi connectivity index (χ2n) is 3.88. The highest BCUT2D eigenvalue weighted by Crippen LogP contribution is 2.21. The number of nitrogens with zero attached hydrogens (tertiary/aromatic N) is 1. The standard InChI is InChI=1S/C14H10ClFN2O2/c15-10-5-6-13(19)11(7-10)14(20)18-17-8-9-3-1-2-4-12(9)16/h1-8,19H,(H,18,20)/b17-8-. The van der Waals surface area contributed by atoms with Crippen LogP contribution in [0.1, 0.15) is 15.9 Å². The van der Waals surface area contributed by atoms with Gasteiger partial charge in [-0.3, -0.25) is 4.79 Å². The molecule has 0 bridgehead atoms. The van der Waals surface area contributed by atoms with Gasteiger partial charge in [0.15, 0.2) is 0 Å². The van der Waals surface area contributed by atoms with E-state index in [0.29, 0.717) is 5.02 Å². The van der Waals surface area contributed by atoms with E-state index < -0.39 is 11.7 Å². The number of nitrogens with one attached hydrogen (secondary N) is 1. The summed E-state index contributed by atoms with van der Waals surface area (Å²) in [5.74, 6) is -1.30. The van der Waals surface area contributed by atoms with Crippen molar-refractivity contribution in [2.45, 2.75) is 0 Å². The first-order valence-corrected chi connectivity index (χ1v) is 6.02. The first kappa shape index (κ1) is 14.0. The molecule has 0 saturated carbocycles. The molecule has 0 radical (unpaired) electrons. The molecule has 0 heterocycles. The smallest absolute Gasteiger partial charge is 0.275 e. The lowest BCUT2D eigenvalue weighted by molar-refractivity contribution is 0.0952. The first-order valence-electron chi connectivity index (χ1n) is 5.64. The number of amides is 1. The molecular formula is C14H10ClFN2O2. The van der Waals surface area contributed by atoms with Crippen LogP contribution in [0.3, 0.4) is 0 Å². The lowest BCUT2D eigenvalue weighted by Crippen LogP contribution is -2.17. The fraction of sp³-hybridized carbons (Fsp3) is 0. The molecule has 6 heteroatoms. The van der Waals surface area contributed by atoms with Crippen LogP contribution < -0.4 is 5.43 Å². The summed E-state index contributed by atoms with van der Waals surface area (Å²) < 4.78 is 13.3. The summed E-state index contributed by atoms with van der Waals surface area (Å²) in [4.78, 5) is 11.8. The Balaban J connectivity index is 2.09. The second-order valence-corrected chi connectivity index (χ2v) is 4.32. The minimum atomic E-state index is -0.641. The van der Waals surface area contributed by atoms with Crippen LogP contribution >= 0.6 is 11.6 Å². The van der Waals surface area contributed by atoms with Gasteiger partial charge in [-0.15, -0.1) is 0 Å². The third-order valence-electron chi connectivity index (χ3n) is 2.48. The van der Waals surface area contributed by atoms with Crippen LogP contribution in [-0.2, 0) is 0 Å². The van der Waals surface area contributed by atoms with Crippen LogP contribution in [0.2, 0.25) is 5.02 Å². The van der Waals surface area contributed by atoms with Crippen molar-refractivity contribution in [3.8, 4) is 5.75 Å². The average molecular weight is 293 g/mol. The normalized spacial score (nSPS) is 10.7. The van der Waals surface area contributed by atoms with Crippen LogP contribution in [-0.4, -0.2) is 17.2 Å². The fourth-order valence-corrected chi connectivity index (χ4v) is 1.66. The minimum Gasteiger partial charge on any atom is -0.507 e. The van der Waals surface area contributed by atoms with Crippen molar-refractivity contribution in [3.63, 3.8) is 0 Å². The molecule has 0 saturated heterocycles. The van der Waals surface area contributed by atoms with E-state index in [9.17, 15) is 14.3 Å². The van der Waals surface area contributed by atoms with E-state index in [0.717, 1.165) is 0 Å². The third-order valence-corrected chi connectivity index (χ3v) is 2.71. The van der Waals surface area contributed by atoms with E-state index in [1.54, 1.807) is 12.1 Å². The molecule has 0 aliphatic heterocycles. The van der Waals surface area contributed by atoms with E-state index in [4.69, 9.17) is 11.6 Å². The van der Waals surface area contributed by atoms with Gasteiger partial charge in [0.25, 0.3) is 5.91 Å². The van der Waals surface area contributed by atoms with Crippen molar-refractivity contribution < 1.29 is 14.3 Å². The molecule has 102 valence electrons. The highest BCUT2D eigenvalue weighted by molar-refractivity contribution is 6.31. The Hall–Kier alpha value is -2.40. The van der Waals surface area contributed by atoms with Crippen LogP contribution in [0.25, 0.3) is 0 Å². The van der Waals surface area contributed by atoms with Gasteiger partial charge in [-0.2, -0.15) is 5.10 Å². The number of aromatic hydroxyl groups is 1. The molecule has 0 aliphatic carbocycles. The van der Waals surface area contributed by atoms with E-state index in [-0.39, 0.29) is 16.9 Å². The molecule has 0 atom stereocenters. The molecule has 2 rings (SSSR count). The van der Waals surface area contributed by atoms with Crippen molar-refractivity contribution in [2.75, 3.05) is 0 Å². The number of rotatable bonds is 3. The van der Waals surface area contributed by atoms with Gasteiger partial charge in [-0.25, -0.2) is 9.82 Å². The number of carbonyl (C=O) groups is 1. The van der Waals surface area contributed by atoms with Crippen molar-refractivity contribution in [3.05, 3.63) is 64.4 Å². The zero-order valence-electron chi connectivity index (χ0n) is 10.2. The third kappa shape index (κ3) is 3.33. The highest BCUT2D eigenvalue weighted by Gasteiger charge is 2.10. The van der Waals surface area contributed by atoms with Gasteiger partial charge < -0.3 is 5.11 Å². The molecule has 0 unspecified atom stereocenters. The second kappa shape index (κ2) is 6.16. The quantitative estimate of drug-likeness (QED) is 0.675. The van der Waals surface area contributed by atoms with Crippen molar-refractivity contribution in [2.24, 2.45) is 5.10 Å². The number of phenols is 1. The van der Waals surface area contributed by atoms with Gasteiger partial charge in [-0.05, 0) is 24.3 Å². The summed E-state index contributed by atoms with van der Waals surface area (Å²) in [6, 6.07) is 10.1. The van der Waals surface area contributed by atoms with Crippen LogP contribution in [0, 0.1) is 5.82 Å². The number of carbonyl (C=O) groups excluding carboxylic acids is 1. The zero-order chi connectivity index (χ0) is 14.5. The Labute approximate surface area is 119 Å². The minimum absolute atomic E-state index is 0.0109. The van der Waals surface area contributed by atoms with Gasteiger partial charge in [0, 0.05) is 10.6 Å². The van der Waals surface area contributed by atoms with Crippen molar-refractivity contribution in [1.82, 2.24) is 5.43 Å². The lowest BCUT2D eigenvalue weighted by atomic mass is 10.2. The lowest BCUT2D eigenvalue weighted by Gasteiger charge is -2.03. The summed E-state index contributed by atoms with van der Waals surface area (Å²) in [7, 11) is 0. The van der Waals surface area contributed by atoms with E-state index in [2.05, 4.69) is 10.5 Å². The molecule has 1 amide bonds. The number of hydrogen-bond acceptors (Lipinski definition) is 3. The first-order chi connectivity index (χ1) is 9.58. The Morgan fingerprint density at radius 1 is 1.30 bits per heavy atom. The number of benzene rings is 2. The van der Waals surface area contributed by atoms with Gasteiger partial charge >= 0.3 is 0 Å². The Morgan fingerprint density at radius 3 is 2.80 bits per heavy atom. The summed E-state index contributed by atoms with van der Waals surface area (Å²) in [6.45, 7) is 0. The zero-order valence-corrected chi connectivity index (χ0v) is 10.9. The van der Waals surface area contributed by atoms with Crippen molar-refractivity contribution >= 4 is 23.7 Å². The number of hydrazone groups is 1. The topological polar surface area (TPSA) is 61.7 Å². The maximum atomic E-state index is 13.3. The largest absolute Gasteiger partial charge is 0.507 e. The Bertz CT molecular complexity index is 674. The predicted molar refractivity (Wildman–Crippen MR) is 74.6 cm³/mol. The fourth-order valence-electron chi connectivity index (χ4n) is 1.49. The number of hydrogen-bond donors (Lipinski definition) is 2. The Kier molecular flexibility index (Phi) is 4.32. The molecule has 4 nitrogen and oxygen atoms in total. The predicted octanol–water partition coefficient (Wildman–Crippen LogP) is 2.95. The summed E-state index contributed by atoms with van der Waals surface area (Å²) in [5, 5.41) is 13.5. The van der Waals surface area contributed by atoms with Crippen LogP contribution in [0.5, 0.6) is 5.75 Å². The van der Waals surface area contributed by atoms with E-state index >= 15 is 0 Å². The number of halogens is 2. The molecule has 2 N–H and O–H groups in total. The van der Waals surface area contributed by atoms with Gasteiger partial charge in [0.1, 0.15) is 11.6 Å². The SMILES string of the molecule is O=C(N/N=C\c1ccccc1F)c1cc(Cl)ccc1O. The summed E-state index contributed by atoms with van der Waals surface area (Å²) >= 11 is 5.73. The molecule has 0 spiro atoms. The van der Waals surface area contributed by atoms with E-state index in [1.165, 1.54) is 36.5 Å².